The fraction of sp³-hybridized carbons (Fsp3) is 0.786. The zero-order valence-electron chi connectivity index (χ0n) is 12.0. The van der Waals surface area contributed by atoms with Gasteiger partial charge in [0, 0.05) is 17.5 Å². The van der Waals surface area contributed by atoms with Crippen LogP contribution in [0, 0.1) is 0 Å². The third-order valence-electron chi connectivity index (χ3n) is 3.62. The quantitative estimate of drug-likeness (QED) is 0.886. The molecular weight excluding hydrogens is 242 g/mol. The van der Waals surface area contributed by atoms with Crippen LogP contribution in [0.15, 0.2) is 0 Å². The van der Waals surface area contributed by atoms with Gasteiger partial charge in [0.15, 0.2) is 5.13 Å². The molecule has 3 nitrogen and oxygen atoms in total. The highest BCUT2D eigenvalue weighted by molar-refractivity contribution is 7.15. The highest BCUT2D eigenvalue weighted by Crippen LogP contribution is 2.37. The molecule has 1 heterocycles. The topological polar surface area (TPSA) is 28.2 Å². The molecule has 1 aromatic heterocycles. The molecule has 1 unspecified atom stereocenters. The lowest BCUT2D eigenvalue weighted by Crippen LogP contribution is -2.31. The van der Waals surface area contributed by atoms with Crippen molar-refractivity contribution < 1.29 is 0 Å². The zero-order chi connectivity index (χ0) is 13.1. The maximum Gasteiger partial charge on any atom is 0.186 e. The first kappa shape index (κ1) is 13.8. The van der Waals surface area contributed by atoms with Gasteiger partial charge in [-0.25, -0.2) is 4.98 Å². The molecule has 4 heteroatoms. The van der Waals surface area contributed by atoms with E-state index in [4.69, 9.17) is 4.98 Å². The van der Waals surface area contributed by atoms with Crippen molar-refractivity contribution >= 4 is 16.5 Å². The van der Waals surface area contributed by atoms with E-state index in [1.165, 1.54) is 41.4 Å². The first-order chi connectivity index (χ1) is 8.67. The Labute approximate surface area is 115 Å². The van der Waals surface area contributed by atoms with Gasteiger partial charge >= 0.3 is 0 Å². The van der Waals surface area contributed by atoms with Crippen molar-refractivity contribution in [2.75, 3.05) is 18.5 Å². The Bertz CT molecular complexity index is 386. The fourth-order valence-corrected chi connectivity index (χ4v) is 3.95. The van der Waals surface area contributed by atoms with Crippen molar-refractivity contribution in [1.29, 1.82) is 0 Å². The average molecular weight is 267 g/mol. The van der Waals surface area contributed by atoms with Gasteiger partial charge in [-0.1, -0.05) is 6.92 Å². The Morgan fingerprint density at radius 2 is 2.28 bits per heavy atom. The Morgan fingerprint density at radius 1 is 1.50 bits per heavy atom. The van der Waals surface area contributed by atoms with Crippen molar-refractivity contribution in [2.24, 2.45) is 0 Å². The van der Waals surface area contributed by atoms with Gasteiger partial charge in [0.25, 0.3) is 0 Å². The summed E-state index contributed by atoms with van der Waals surface area (Å²) >= 11 is 1.91. The molecule has 0 radical (unpaired) electrons. The predicted octanol–water partition coefficient (Wildman–Crippen LogP) is 3.36. The second-order valence-electron chi connectivity index (χ2n) is 5.33. The molecule has 1 aromatic rings. The highest BCUT2D eigenvalue weighted by Gasteiger charge is 2.25. The Morgan fingerprint density at radius 3 is 2.89 bits per heavy atom. The molecule has 0 spiro atoms. The number of rotatable bonds is 5. The number of aromatic nitrogens is 1. The summed E-state index contributed by atoms with van der Waals surface area (Å²) in [6.07, 6.45) is 4.90. The molecule has 18 heavy (non-hydrogen) atoms. The lowest BCUT2D eigenvalue weighted by atomic mass is 9.98. The second kappa shape index (κ2) is 6.02. The van der Waals surface area contributed by atoms with E-state index in [0.717, 1.165) is 6.54 Å². The van der Waals surface area contributed by atoms with E-state index in [0.29, 0.717) is 12.1 Å². The van der Waals surface area contributed by atoms with Crippen LogP contribution in [0.2, 0.25) is 0 Å². The van der Waals surface area contributed by atoms with E-state index in [1.807, 2.05) is 18.4 Å². The maximum absolute atomic E-state index is 4.93. The van der Waals surface area contributed by atoms with Crippen LogP contribution in [0.25, 0.3) is 0 Å². The predicted molar refractivity (Wildman–Crippen MR) is 79.6 cm³/mol. The first-order valence-electron chi connectivity index (χ1n) is 7.10. The Kier molecular flexibility index (Phi) is 4.62. The van der Waals surface area contributed by atoms with Crippen LogP contribution in [0.3, 0.4) is 0 Å². The smallest absolute Gasteiger partial charge is 0.186 e. The summed E-state index contributed by atoms with van der Waals surface area (Å²) in [6, 6.07) is 1.000. The number of fused-ring (bicyclic) bond motifs is 1. The molecule has 1 aliphatic carbocycles. The third kappa shape index (κ3) is 2.69. The molecule has 1 N–H and O–H groups in total. The van der Waals surface area contributed by atoms with Gasteiger partial charge in [0.1, 0.15) is 0 Å². The highest BCUT2D eigenvalue weighted by atomic mass is 32.1. The number of thiazole rings is 1. The van der Waals surface area contributed by atoms with Crippen molar-refractivity contribution in [2.45, 2.75) is 58.5 Å². The minimum absolute atomic E-state index is 0.467. The number of anilines is 1. The van der Waals surface area contributed by atoms with E-state index in [2.05, 4.69) is 31.0 Å². The van der Waals surface area contributed by atoms with Crippen LogP contribution in [0.4, 0.5) is 5.13 Å². The van der Waals surface area contributed by atoms with Gasteiger partial charge in [-0.2, -0.15) is 0 Å². The van der Waals surface area contributed by atoms with E-state index in [1.54, 1.807) is 0 Å². The Balaban J connectivity index is 2.27. The maximum atomic E-state index is 4.93. The summed E-state index contributed by atoms with van der Waals surface area (Å²) in [5.74, 6) is 0. The SMILES string of the molecule is CCCN(c1nc2c(s1)CCCC2NC)C(C)C. The summed E-state index contributed by atoms with van der Waals surface area (Å²) in [4.78, 5) is 8.86. The van der Waals surface area contributed by atoms with Gasteiger partial charge in [-0.05, 0) is 46.6 Å². The summed E-state index contributed by atoms with van der Waals surface area (Å²) < 4.78 is 0. The van der Waals surface area contributed by atoms with E-state index >= 15 is 0 Å². The second-order valence-corrected chi connectivity index (χ2v) is 6.39. The number of nitrogens with zero attached hydrogens (tertiary/aromatic N) is 2. The molecule has 2 rings (SSSR count). The van der Waals surface area contributed by atoms with Gasteiger partial charge in [0.05, 0.1) is 11.7 Å². The van der Waals surface area contributed by atoms with Gasteiger partial charge < -0.3 is 10.2 Å². The number of nitrogens with one attached hydrogen (secondary N) is 1. The third-order valence-corrected chi connectivity index (χ3v) is 4.79. The molecule has 1 atom stereocenters. The molecule has 1 aliphatic rings. The molecular formula is C14H25N3S. The van der Waals surface area contributed by atoms with Gasteiger partial charge in [-0.15, -0.1) is 11.3 Å². The summed E-state index contributed by atoms with van der Waals surface area (Å²) in [7, 11) is 2.05. The molecule has 0 aromatic carbocycles. The molecule has 0 bridgehead atoms. The Hall–Kier alpha value is -0.610. The first-order valence-corrected chi connectivity index (χ1v) is 7.92. The van der Waals surface area contributed by atoms with Crippen molar-refractivity contribution in [3.8, 4) is 0 Å². The lowest BCUT2D eigenvalue weighted by Gasteiger charge is -2.25. The summed E-state index contributed by atoms with van der Waals surface area (Å²) in [5, 5.41) is 4.62. The molecule has 0 amide bonds. The minimum atomic E-state index is 0.467. The van der Waals surface area contributed by atoms with Gasteiger partial charge in [0.2, 0.25) is 0 Å². The normalized spacial score (nSPS) is 19.1. The van der Waals surface area contributed by atoms with Gasteiger partial charge in [-0.3, -0.25) is 0 Å². The monoisotopic (exact) mass is 267 g/mol. The fourth-order valence-electron chi connectivity index (χ4n) is 2.63. The average Bonchev–Trinajstić information content (AvgIpc) is 2.78. The van der Waals surface area contributed by atoms with Crippen LogP contribution in [0.1, 0.15) is 56.6 Å². The largest absolute Gasteiger partial charge is 0.346 e. The van der Waals surface area contributed by atoms with Crippen LogP contribution >= 0.6 is 11.3 Å². The van der Waals surface area contributed by atoms with Crippen molar-refractivity contribution in [3.05, 3.63) is 10.6 Å². The van der Waals surface area contributed by atoms with E-state index < -0.39 is 0 Å². The number of hydrogen-bond donors (Lipinski definition) is 1. The molecule has 0 saturated heterocycles. The van der Waals surface area contributed by atoms with Crippen LogP contribution in [-0.2, 0) is 6.42 Å². The van der Waals surface area contributed by atoms with Crippen LogP contribution < -0.4 is 10.2 Å². The molecule has 0 aliphatic heterocycles. The van der Waals surface area contributed by atoms with E-state index in [-0.39, 0.29) is 0 Å². The van der Waals surface area contributed by atoms with Crippen LogP contribution in [0.5, 0.6) is 0 Å². The minimum Gasteiger partial charge on any atom is -0.346 e. The van der Waals surface area contributed by atoms with Crippen molar-refractivity contribution in [3.63, 3.8) is 0 Å². The van der Waals surface area contributed by atoms with Crippen molar-refractivity contribution in [1.82, 2.24) is 10.3 Å². The number of hydrogen-bond acceptors (Lipinski definition) is 4. The van der Waals surface area contributed by atoms with Crippen LogP contribution in [-0.4, -0.2) is 24.6 Å². The lowest BCUT2D eigenvalue weighted by molar-refractivity contribution is 0.489. The standard InChI is InChI=1S/C14H25N3S/c1-5-9-17(10(2)3)14-16-13-11(15-4)7-6-8-12(13)18-14/h10-11,15H,5-9H2,1-4H3. The van der Waals surface area contributed by atoms with E-state index in [9.17, 15) is 0 Å². The summed E-state index contributed by atoms with van der Waals surface area (Å²) in [6.45, 7) is 7.85. The molecule has 0 fully saturated rings. The zero-order valence-corrected chi connectivity index (χ0v) is 12.8. The summed E-state index contributed by atoms with van der Waals surface area (Å²) in [5.41, 5.74) is 1.31. The molecule has 102 valence electrons. The molecule has 0 saturated carbocycles. The number of aryl methyl sites for hydroxylation is 1.